The van der Waals surface area contributed by atoms with E-state index in [-0.39, 0.29) is 17.9 Å². The molecule has 2 amide bonds. The number of aliphatic carboxylic acids is 1. The maximum Gasteiger partial charge on any atom is 0.307 e. The van der Waals surface area contributed by atoms with Crippen molar-refractivity contribution in [3.8, 4) is 0 Å². The van der Waals surface area contributed by atoms with E-state index < -0.39 is 17.8 Å². The highest BCUT2D eigenvalue weighted by Gasteiger charge is 2.37. The second-order valence-corrected chi connectivity index (χ2v) is 9.73. The molecule has 0 aromatic carbocycles. The van der Waals surface area contributed by atoms with E-state index >= 15 is 0 Å². The maximum absolute atomic E-state index is 13.0. The van der Waals surface area contributed by atoms with Crippen LogP contribution in [-0.2, 0) is 22.4 Å². The minimum absolute atomic E-state index is 0.0942. The predicted octanol–water partition coefficient (Wildman–Crippen LogP) is 3.59. The first-order chi connectivity index (χ1) is 13.4. The van der Waals surface area contributed by atoms with Gasteiger partial charge in [-0.05, 0) is 56.4 Å². The third kappa shape index (κ3) is 3.95. The summed E-state index contributed by atoms with van der Waals surface area (Å²) in [6, 6.07) is 0.254. The molecule has 0 saturated heterocycles. The van der Waals surface area contributed by atoms with Gasteiger partial charge in [-0.3, -0.25) is 14.4 Å². The van der Waals surface area contributed by atoms with Crippen molar-refractivity contribution in [3.05, 3.63) is 16.0 Å². The summed E-state index contributed by atoms with van der Waals surface area (Å²) < 4.78 is 0. The summed E-state index contributed by atoms with van der Waals surface area (Å²) in [5.41, 5.74) is 1.70. The zero-order valence-corrected chi connectivity index (χ0v) is 17.1. The van der Waals surface area contributed by atoms with Crippen LogP contribution in [0.15, 0.2) is 0 Å². The molecule has 2 fully saturated rings. The van der Waals surface area contributed by atoms with E-state index in [1.807, 2.05) is 0 Å². The van der Waals surface area contributed by atoms with E-state index in [0.29, 0.717) is 29.3 Å². The monoisotopic (exact) mass is 404 g/mol. The minimum atomic E-state index is -0.897. The molecule has 28 heavy (non-hydrogen) atoms. The van der Waals surface area contributed by atoms with E-state index in [1.165, 1.54) is 16.2 Å². The molecule has 1 aromatic heterocycles. The molecule has 3 aliphatic carbocycles. The number of fused-ring (bicyclic) bond motifs is 1. The van der Waals surface area contributed by atoms with Gasteiger partial charge in [-0.2, -0.15) is 0 Å². The van der Waals surface area contributed by atoms with Crippen LogP contribution in [0.5, 0.6) is 0 Å². The third-order valence-electron chi connectivity index (χ3n) is 6.31. The number of carboxylic acid groups (broad SMARTS) is 1. The molecule has 7 heteroatoms. The topological polar surface area (TPSA) is 95.5 Å². The van der Waals surface area contributed by atoms with E-state index in [1.54, 1.807) is 0 Å². The Morgan fingerprint density at radius 3 is 2.43 bits per heavy atom. The minimum Gasteiger partial charge on any atom is -0.481 e. The molecular weight excluding hydrogens is 376 g/mol. The highest BCUT2D eigenvalue weighted by Crippen LogP contribution is 2.41. The van der Waals surface area contributed by atoms with Gasteiger partial charge in [-0.15, -0.1) is 11.3 Å². The molecule has 3 N–H and O–H groups in total. The second kappa shape index (κ2) is 7.85. The van der Waals surface area contributed by atoms with Crippen molar-refractivity contribution in [2.45, 2.75) is 70.8 Å². The Hall–Kier alpha value is -1.89. The SMILES string of the molecule is C[C@H]1CCc2c(sc(NC(=O)[C@@H]3CCCC[C@@H]3C(=O)O)c2C(=O)NC2CC2)C1. The number of amides is 2. The van der Waals surface area contributed by atoms with Gasteiger partial charge in [0, 0.05) is 10.9 Å². The van der Waals surface area contributed by atoms with Gasteiger partial charge in [-0.1, -0.05) is 19.8 Å². The van der Waals surface area contributed by atoms with E-state index in [9.17, 15) is 19.5 Å². The lowest BCUT2D eigenvalue weighted by molar-refractivity contribution is -0.147. The van der Waals surface area contributed by atoms with E-state index in [4.69, 9.17) is 0 Å². The van der Waals surface area contributed by atoms with Gasteiger partial charge >= 0.3 is 5.97 Å². The van der Waals surface area contributed by atoms with Crippen molar-refractivity contribution < 1.29 is 19.5 Å². The van der Waals surface area contributed by atoms with Crippen molar-refractivity contribution in [2.24, 2.45) is 17.8 Å². The standard InChI is InChI=1S/C21H28N2O4S/c1-11-6-9-15-16(10-11)28-20(17(15)19(25)22-12-7-8-12)23-18(24)13-4-2-3-5-14(13)21(26)27/h11-14H,2-10H2,1H3,(H,22,25)(H,23,24)(H,26,27)/t11-,13+,14-/m0/s1. The number of hydrogen-bond acceptors (Lipinski definition) is 4. The van der Waals surface area contributed by atoms with Crippen LogP contribution in [0.25, 0.3) is 0 Å². The number of anilines is 1. The van der Waals surface area contributed by atoms with Crippen LogP contribution >= 0.6 is 11.3 Å². The summed E-state index contributed by atoms with van der Waals surface area (Å²) in [7, 11) is 0. The average molecular weight is 405 g/mol. The number of carboxylic acids is 1. The van der Waals surface area contributed by atoms with E-state index in [2.05, 4.69) is 17.6 Å². The van der Waals surface area contributed by atoms with Crippen molar-refractivity contribution in [3.63, 3.8) is 0 Å². The van der Waals surface area contributed by atoms with Crippen LogP contribution in [0.3, 0.4) is 0 Å². The molecule has 1 aromatic rings. The zero-order chi connectivity index (χ0) is 19.8. The van der Waals surface area contributed by atoms with Crippen LogP contribution in [0.2, 0.25) is 0 Å². The van der Waals surface area contributed by atoms with Crippen molar-refractivity contribution >= 4 is 34.1 Å². The smallest absolute Gasteiger partial charge is 0.307 e. The first kappa shape index (κ1) is 19.4. The normalized spacial score (nSPS) is 27.0. The Labute approximate surface area is 169 Å². The van der Waals surface area contributed by atoms with Crippen molar-refractivity contribution in [1.29, 1.82) is 0 Å². The quantitative estimate of drug-likeness (QED) is 0.699. The summed E-state index contributed by atoms with van der Waals surface area (Å²) in [6.07, 6.45) is 7.72. The molecule has 0 radical (unpaired) electrons. The Bertz CT molecular complexity index is 799. The van der Waals surface area contributed by atoms with Gasteiger partial charge in [0.2, 0.25) is 5.91 Å². The molecule has 152 valence electrons. The van der Waals surface area contributed by atoms with Crippen LogP contribution in [0.4, 0.5) is 5.00 Å². The zero-order valence-electron chi connectivity index (χ0n) is 16.3. The molecule has 2 saturated carbocycles. The summed E-state index contributed by atoms with van der Waals surface area (Å²) >= 11 is 1.50. The lowest BCUT2D eigenvalue weighted by atomic mass is 9.78. The average Bonchev–Trinajstić information content (AvgIpc) is 3.40. The van der Waals surface area contributed by atoms with Gasteiger partial charge in [-0.25, -0.2) is 0 Å². The Balaban J connectivity index is 1.60. The molecule has 0 spiro atoms. The van der Waals surface area contributed by atoms with Crippen LogP contribution in [-0.4, -0.2) is 28.9 Å². The highest BCUT2D eigenvalue weighted by atomic mass is 32.1. The second-order valence-electron chi connectivity index (χ2n) is 8.63. The molecule has 0 unspecified atom stereocenters. The lowest BCUT2D eigenvalue weighted by Gasteiger charge is -2.27. The number of hydrogen-bond donors (Lipinski definition) is 3. The predicted molar refractivity (Wildman–Crippen MR) is 108 cm³/mol. The van der Waals surface area contributed by atoms with Crippen LogP contribution < -0.4 is 10.6 Å². The Morgan fingerprint density at radius 1 is 1.04 bits per heavy atom. The molecule has 0 bridgehead atoms. The fourth-order valence-corrected chi connectivity index (χ4v) is 5.92. The molecule has 1 heterocycles. The van der Waals surface area contributed by atoms with Crippen molar-refractivity contribution in [2.75, 3.05) is 5.32 Å². The number of carbonyl (C=O) groups is 3. The summed E-state index contributed by atoms with van der Waals surface area (Å²) in [4.78, 5) is 38.6. The molecule has 6 nitrogen and oxygen atoms in total. The summed E-state index contributed by atoms with van der Waals surface area (Å²) in [6.45, 7) is 2.21. The summed E-state index contributed by atoms with van der Waals surface area (Å²) in [5, 5.41) is 16.1. The number of rotatable bonds is 5. The van der Waals surface area contributed by atoms with Gasteiger partial charge < -0.3 is 15.7 Å². The molecule has 0 aliphatic heterocycles. The van der Waals surface area contributed by atoms with Crippen LogP contribution in [0, 0.1) is 17.8 Å². The van der Waals surface area contributed by atoms with Crippen molar-refractivity contribution in [1.82, 2.24) is 5.32 Å². The van der Waals surface area contributed by atoms with Gasteiger partial charge in [0.25, 0.3) is 5.91 Å². The molecular formula is C21H28N2O4S. The molecule has 4 rings (SSSR count). The molecule has 3 atom stereocenters. The van der Waals surface area contributed by atoms with Gasteiger partial charge in [0.1, 0.15) is 5.00 Å². The largest absolute Gasteiger partial charge is 0.481 e. The first-order valence-corrected chi connectivity index (χ1v) is 11.2. The number of nitrogens with one attached hydrogen (secondary N) is 2. The lowest BCUT2D eigenvalue weighted by Crippen LogP contribution is -2.36. The Kier molecular flexibility index (Phi) is 5.45. The van der Waals surface area contributed by atoms with Gasteiger partial charge in [0.05, 0.1) is 17.4 Å². The van der Waals surface area contributed by atoms with E-state index in [0.717, 1.165) is 50.5 Å². The molecule has 3 aliphatic rings. The fraction of sp³-hybridized carbons (Fsp3) is 0.667. The maximum atomic E-state index is 13.0. The first-order valence-electron chi connectivity index (χ1n) is 10.4. The number of thiophene rings is 1. The number of carbonyl (C=O) groups excluding carboxylic acids is 2. The van der Waals surface area contributed by atoms with Gasteiger partial charge in [0.15, 0.2) is 0 Å². The highest BCUT2D eigenvalue weighted by molar-refractivity contribution is 7.17. The fourth-order valence-electron chi connectivity index (χ4n) is 4.51. The summed E-state index contributed by atoms with van der Waals surface area (Å²) in [5.74, 6) is -1.83. The third-order valence-corrected chi connectivity index (χ3v) is 7.48. The Morgan fingerprint density at radius 2 is 1.75 bits per heavy atom. The van der Waals surface area contributed by atoms with Crippen LogP contribution in [0.1, 0.15) is 72.7 Å².